The van der Waals surface area contributed by atoms with E-state index in [1.165, 1.54) is 0 Å². The van der Waals surface area contributed by atoms with Crippen molar-refractivity contribution in [3.05, 3.63) is 48.5 Å². The van der Waals surface area contributed by atoms with Gasteiger partial charge in [-0.2, -0.15) is 0 Å². The summed E-state index contributed by atoms with van der Waals surface area (Å²) in [5.41, 5.74) is 2.81. The minimum atomic E-state index is -0.227. The topological polar surface area (TPSA) is 78.9 Å². The number of aliphatic hydroxyl groups is 1. The van der Waals surface area contributed by atoms with Crippen molar-refractivity contribution in [1.29, 1.82) is 0 Å². The van der Waals surface area contributed by atoms with E-state index in [4.69, 9.17) is 9.84 Å². The molecule has 1 saturated heterocycles. The average molecular weight is 382 g/mol. The number of piperidine rings is 1. The van der Waals surface area contributed by atoms with Gasteiger partial charge >= 0.3 is 0 Å². The molecule has 1 aliphatic heterocycles. The number of amides is 2. The normalized spacial score (nSPS) is 16.5. The van der Waals surface area contributed by atoms with Crippen molar-refractivity contribution in [3.8, 4) is 16.9 Å². The fourth-order valence-electron chi connectivity index (χ4n) is 3.46. The highest BCUT2D eigenvalue weighted by Gasteiger charge is 2.28. The van der Waals surface area contributed by atoms with Crippen LogP contribution in [-0.4, -0.2) is 48.6 Å². The molecule has 0 aliphatic carbocycles. The van der Waals surface area contributed by atoms with Crippen molar-refractivity contribution in [2.75, 3.05) is 32.1 Å². The first-order valence-electron chi connectivity index (χ1n) is 9.54. The Morgan fingerprint density at radius 1 is 1.18 bits per heavy atom. The number of benzene rings is 2. The van der Waals surface area contributed by atoms with Crippen LogP contribution >= 0.6 is 0 Å². The summed E-state index contributed by atoms with van der Waals surface area (Å²) >= 11 is 0. The summed E-state index contributed by atoms with van der Waals surface area (Å²) in [6, 6.07) is 15.5. The van der Waals surface area contributed by atoms with Gasteiger partial charge in [0, 0.05) is 25.2 Å². The van der Waals surface area contributed by atoms with Crippen molar-refractivity contribution in [2.45, 2.75) is 19.3 Å². The van der Waals surface area contributed by atoms with Crippen LogP contribution in [0.5, 0.6) is 5.75 Å². The molecule has 0 radical (unpaired) electrons. The highest BCUT2D eigenvalue weighted by Crippen LogP contribution is 2.26. The zero-order valence-electron chi connectivity index (χ0n) is 16.1. The third-order valence-corrected chi connectivity index (χ3v) is 5.03. The molecule has 6 heteroatoms. The molecule has 0 saturated carbocycles. The molecule has 2 N–H and O–H groups in total. The Morgan fingerprint density at radius 2 is 1.96 bits per heavy atom. The molecule has 148 valence electrons. The van der Waals surface area contributed by atoms with E-state index in [-0.39, 0.29) is 30.8 Å². The van der Waals surface area contributed by atoms with Gasteiger partial charge in [0.05, 0.1) is 19.6 Å². The van der Waals surface area contributed by atoms with Crippen LogP contribution in [0, 0.1) is 5.92 Å². The number of aliphatic hydroxyl groups excluding tert-OH is 1. The van der Waals surface area contributed by atoms with Crippen molar-refractivity contribution in [2.24, 2.45) is 5.92 Å². The number of hydrogen-bond donors (Lipinski definition) is 2. The second kappa shape index (κ2) is 9.37. The average Bonchev–Trinajstić information content (AvgIpc) is 2.74. The minimum absolute atomic E-state index is 0.0735. The van der Waals surface area contributed by atoms with Gasteiger partial charge in [-0.25, -0.2) is 0 Å². The Balaban J connectivity index is 1.62. The molecular weight excluding hydrogens is 356 g/mol. The van der Waals surface area contributed by atoms with Gasteiger partial charge in [-0.1, -0.05) is 24.3 Å². The van der Waals surface area contributed by atoms with Gasteiger partial charge in [-0.15, -0.1) is 0 Å². The number of hydrogen-bond acceptors (Lipinski definition) is 4. The third-order valence-electron chi connectivity index (χ3n) is 5.03. The number of nitrogens with one attached hydrogen (secondary N) is 1. The molecule has 1 heterocycles. The summed E-state index contributed by atoms with van der Waals surface area (Å²) in [5.74, 6) is 0.403. The van der Waals surface area contributed by atoms with Crippen LogP contribution in [0.15, 0.2) is 48.5 Å². The lowest BCUT2D eigenvalue weighted by Gasteiger charge is -2.32. The molecule has 3 rings (SSSR count). The van der Waals surface area contributed by atoms with Crippen LogP contribution < -0.4 is 10.1 Å². The third kappa shape index (κ3) is 4.89. The lowest BCUT2D eigenvalue weighted by Crippen LogP contribution is -2.43. The molecule has 0 spiro atoms. The number of rotatable bonds is 6. The van der Waals surface area contributed by atoms with Crippen molar-refractivity contribution >= 4 is 17.5 Å². The maximum absolute atomic E-state index is 12.6. The molecule has 1 atom stereocenters. The Bertz CT molecular complexity index is 820. The van der Waals surface area contributed by atoms with Crippen LogP contribution in [0.1, 0.15) is 19.3 Å². The van der Waals surface area contributed by atoms with Gasteiger partial charge in [0.1, 0.15) is 5.75 Å². The Morgan fingerprint density at radius 3 is 2.68 bits per heavy atom. The summed E-state index contributed by atoms with van der Waals surface area (Å²) in [5, 5.41) is 11.9. The lowest BCUT2D eigenvalue weighted by molar-refractivity contribution is -0.135. The molecule has 2 amide bonds. The fraction of sp³-hybridized carbons (Fsp3) is 0.364. The predicted octanol–water partition coefficient (Wildman–Crippen LogP) is 2.92. The first kappa shape index (κ1) is 19.9. The molecule has 1 unspecified atom stereocenters. The molecule has 6 nitrogen and oxygen atoms in total. The highest BCUT2D eigenvalue weighted by molar-refractivity contribution is 5.93. The monoisotopic (exact) mass is 382 g/mol. The second-order valence-corrected chi connectivity index (χ2v) is 6.95. The zero-order chi connectivity index (χ0) is 19.9. The van der Waals surface area contributed by atoms with E-state index in [0.717, 1.165) is 35.4 Å². The molecule has 0 aromatic heterocycles. The van der Waals surface area contributed by atoms with E-state index in [2.05, 4.69) is 5.32 Å². The van der Waals surface area contributed by atoms with Crippen LogP contribution in [0.25, 0.3) is 11.1 Å². The van der Waals surface area contributed by atoms with Crippen molar-refractivity contribution < 1.29 is 19.4 Å². The van der Waals surface area contributed by atoms with E-state index in [1.54, 1.807) is 12.0 Å². The first-order chi connectivity index (χ1) is 13.6. The fourth-order valence-corrected chi connectivity index (χ4v) is 3.46. The maximum Gasteiger partial charge on any atom is 0.229 e. The van der Waals surface area contributed by atoms with Gasteiger partial charge in [0.15, 0.2) is 0 Å². The number of carbonyl (C=O) groups excluding carboxylic acids is 2. The number of methoxy groups -OCH3 is 1. The Hall–Kier alpha value is -2.86. The van der Waals surface area contributed by atoms with E-state index in [1.807, 2.05) is 48.5 Å². The van der Waals surface area contributed by atoms with Gasteiger partial charge in [-0.05, 0) is 48.2 Å². The largest absolute Gasteiger partial charge is 0.497 e. The molecule has 2 aromatic carbocycles. The molecule has 1 fully saturated rings. The Labute approximate surface area is 165 Å². The van der Waals surface area contributed by atoms with E-state index in [9.17, 15) is 9.59 Å². The molecular formula is C22H26N2O4. The summed E-state index contributed by atoms with van der Waals surface area (Å²) in [7, 11) is 1.64. The number of nitrogens with zero attached hydrogens (tertiary/aromatic N) is 1. The molecule has 0 bridgehead atoms. The minimum Gasteiger partial charge on any atom is -0.497 e. The number of likely N-dealkylation sites (tertiary alicyclic amines) is 1. The predicted molar refractivity (Wildman–Crippen MR) is 108 cm³/mol. The van der Waals surface area contributed by atoms with E-state index in [0.29, 0.717) is 13.1 Å². The lowest BCUT2D eigenvalue weighted by atomic mass is 9.96. The SMILES string of the molecule is COc1cccc(-c2ccc(NC(=O)C3CCCN(C(=O)CCO)C3)cc2)c1. The number of carbonyl (C=O) groups is 2. The van der Waals surface area contributed by atoms with Crippen LogP contribution in [0.4, 0.5) is 5.69 Å². The number of ether oxygens (including phenoxy) is 1. The van der Waals surface area contributed by atoms with Gasteiger partial charge in [0.2, 0.25) is 11.8 Å². The van der Waals surface area contributed by atoms with Crippen molar-refractivity contribution in [1.82, 2.24) is 4.90 Å². The molecule has 2 aromatic rings. The summed E-state index contributed by atoms with van der Waals surface area (Å²) < 4.78 is 5.26. The smallest absolute Gasteiger partial charge is 0.229 e. The maximum atomic E-state index is 12.6. The van der Waals surface area contributed by atoms with Crippen molar-refractivity contribution in [3.63, 3.8) is 0 Å². The molecule has 28 heavy (non-hydrogen) atoms. The summed E-state index contributed by atoms with van der Waals surface area (Å²) in [4.78, 5) is 26.3. The van der Waals surface area contributed by atoms with Gasteiger partial charge in [0.25, 0.3) is 0 Å². The Kier molecular flexibility index (Phi) is 6.66. The standard InChI is InChI=1S/C22H26N2O4/c1-28-20-6-2-4-17(14-20)16-7-9-19(10-8-16)23-22(27)18-5-3-12-24(15-18)21(26)11-13-25/h2,4,6-10,14,18,25H,3,5,11-13,15H2,1H3,(H,23,27). The van der Waals surface area contributed by atoms with E-state index < -0.39 is 0 Å². The quantitative estimate of drug-likeness (QED) is 0.805. The highest BCUT2D eigenvalue weighted by atomic mass is 16.5. The van der Waals surface area contributed by atoms with E-state index >= 15 is 0 Å². The number of anilines is 1. The molecule has 1 aliphatic rings. The first-order valence-corrected chi connectivity index (χ1v) is 9.54. The van der Waals surface area contributed by atoms with Crippen LogP contribution in [0.2, 0.25) is 0 Å². The van der Waals surface area contributed by atoms with Crippen LogP contribution in [0.3, 0.4) is 0 Å². The van der Waals surface area contributed by atoms with Crippen LogP contribution in [-0.2, 0) is 9.59 Å². The van der Waals surface area contributed by atoms with Gasteiger partial charge in [-0.3, -0.25) is 9.59 Å². The second-order valence-electron chi connectivity index (χ2n) is 6.95. The van der Waals surface area contributed by atoms with Gasteiger partial charge < -0.3 is 20.1 Å². The summed E-state index contributed by atoms with van der Waals surface area (Å²) in [6.07, 6.45) is 1.67. The zero-order valence-corrected chi connectivity index (χ0v) is 16.1. The summed E-state index contributed by atoms with van der Waals surface area (Å²) in [6.45, 7) is 0.899.